The van der Waals surface area contributed by atoms with Crippen molar-refractivity contribution in [1.82, 2.24) is 0 Å². The average Bonchev–Trinajstić information content (AvgIpc) is 2.37. The van der Waals surface area contributed by atoms with Gasteiger partial charge in [0, 0.05) is 12.1 Å². The monoisotopic (exact) mass is 344 g/mol. The molecular formula is C15H14F2O5S. The zero-order valence-corrected chi connectivity index (χ0v) is 13.1. The molecule has 8 heteroatoms. The molecule has 0 aliphatic rings. The van der Waals surface area contributed by atoms with Crippen LogP contribution in [0.5, 0.6) is 17.2 Å². The Hall–Kier alpha value is -2.19. The molecule has 0 saturated heterocycles. The SMILES string of the molecule is CC(C)Oc1ccccc1Oc1cc(F)c(S(=O)(=O)O)c(F)c1. The molecule has 0 radical (unpaired) electrons. The van der Waals surface area contributed by atoms with Crippen LogP contribution in [0.15, 0.2) is 41.3 Å². The van der Waals surface area contributed by atoms with E-state index in [0.717, 1.165) is 0 Å². The van der Waals surface area contributed by atoms with Crippen molar-refractivity contribution in [2.24, 2.45) is 0 Å². The molecule has 0 saturated carbocycles. The molecule has 0 heterocycles. The van der Waals surface area contributed by atoms with E-state index in [9.17, 15) is 17.2 Å². The molecule has 0 aromatic heterocycles. The van der Waals surface area contributed by atoms with E-state index >= 15 is 0 Å². The molecule has 0 amide bonds. The van der Waals surface area contributed by atoms with E-state index in [-0.39, 0.29) is 17.6 Å². The Morgan fingerprint density at radius 3 is 2.04 bits per heavy atom. The number of hydrogen-bond donors (Lipinski definition) is 1. The summed E-state index contributed by atoms with van der Waals surface area (Å²) in [5.41, 5.74) is 0. The number of para-hydroxylation sites is 2. The van der Waals surface area contributed by atoms with Crippen LogP contribution in [0.3, 0.4) is 0 Å². The molecular weight excluding hydrogens is 330 g/mol. The lowest BCUT2D eigenvalue weighted by atomic mass is 10.3. The maximum Gasteiger partial charge on any atom is 0.300 e. The van der Waals surface area contributed by atoms with Gasteiger partial charge in [-0.1, -0.05) is 12.1 Å². The highest BCUT2D eigenvalue weighted by atomic mass is 32.2. The molecule has 2 aromatic rings. The van der Waals surface area contributed by atoms with Crippen molar-refractivity contribution in [2.45, 2.75) is 24.8 Å². The van der Waals surface area contributed by atoms with Crippen molar-refractivity contribution < 1.29 is 31.2 Å². The maximum absolute atomic E-state index is 13.7. The summed E-state index contributed by atoms with van der Waals surface area (Å²) in [4.78, 5) is -1.42. The first-order valence-corrected chi connectivity index (χ1v) is 8.02. The Bertz CT molecular complexity index is 795. The quantitative estimate of drug-likeness (QED) is 0.836. The van der Waals surface area contributed by atoms with Crippen molar-refractivity contribution in [2.75, 3.05) is 0 Å². The van der Waals surface area contributed by atoms with Crippen LogP contribution in [0.2, 0.25) is 0 Å². The first-order chi connectivity index (χ1) is 10.7. The lowest BCUT2D eigenvalue weighted by Crippen LogP contribution is -2.07. The predicted molar refractivity (Wildman–Crippen MR) is 78.5 cm³/mol. The minimum absolute atomic E-state index is 0.143. The third-order valence-corrected chi connectivity index (χ3v) is 3.58. The van der Waals surface area contributed by atoms with Gasteiger partial charge >= 0.3 is 0 Å². The molecule has 0 aliphatic heterocycles. The fourth-order valence-electron chi connectivity index (χ4n) is 1.85. The minimum atomic E-state index is -5.01. The molecule has 2 rings (SSSR count). The van der Waals surface area contributed by atoms with E-state index in [1.165, 1.54) is 6.07 Å². The topological polar surface area (TPSA) is 72.8 Å². The van der Waals surface area contributed by atoms with E-state index in [0.29, 0.717) is 17.9 Å². The molecule has 124 valence electrons. The molecule has 0 atom stereocenters. The van der Waals surface area contributed by atoms with Crippen molar-refractivity contribution >= 4 is 10.1 Å². The van der Waals surface area contributed by atoms with E-state index in [4.69, 9.17) is 14.0 Å². The number of benzene rings is 2. The summed E-state index contributed by atoms with van der Waals surface area (Å²) in [5, 5.41) is 0. The molecule has 0 aliphatic carbocycles. The van der Waals surface area contributed by atoms with Crippen LogP contribution in [0, 0.1) is 11.6 Å². The average molecular weight is 344 g/mol. The maximum atomic E-state index is 13.7. The highest BCUT2D eigenvalue weighted by Gasteiger charge is 2.23. The third-order valence-electron chi connectivity index (χ3n) is 2.67. The van der Waals surface area contributed by atoms with Gasteiger partial charge in [-0.05, 0) is 26.0 Å². The van der Waals surface area contributed by atoms with E-state index in [2.05, 4.69) is 0 Å². The van der Waals surface area contributed by atoms with Crippen molar-refractivity contribution in [1.29, 1.82) is 0 Å². The first-order valence-electron chi connectivity index (χ1n) is 6.58. The van der Waals surface area contributed by atoms with Crippen LogP contribution in [0.25, 0.3) is 0 Å². The minimum Gasteiger partial charge on any atom is -0.487 e. The molecule has 0 unspecified atom stereocenters. The van der Waals surface area contributed by atoms with Crippen molar-refractivity contribution in [3.63, 3.8) is 0 Å². The van der Waals surface area contributed by atoms with Gasteiger partial charge in [-0.15, -0.1) is 0 Å². The first kappa shape index (κ1) is 17.2. The standard InChI is InChI=1S/C15H14F2O5S/c1-9(2)21-13-5-3-4-6-14(13)22-10-7-11(16)15(12(17)8-10)23(18,19)20/h3-9H,1-2H3,(H,18,19,20). The number of hydrogen-bond acceptors (Lipinski definition) is 4. The van der Waals surface area contributed by atoms with Gasteiger partial charge in [0.2, 0.25) is 0 Å². The summed E-state index contributed by atoms with van der Waals surface area (Å²) in [6.07, 6.45) is -0.143. The van der Waals surface area contributed by atoms with Gasteiger partial charge in [0.15, 0.2) is 28.0 Å². The smallest absolute Gasteiger partial charge is 0.300 e. The summed E-state index contributed by atoms with van der Waals surface area (Å²) in [5.74, 6) is -2.61. The second-order valence-corrected chi connectivity index (χ2v) is 6.26. The predicted octanol–water partition coefficient (Wildman–Crippen LogP) is 3.79. The van der Waals surface area contributed by atoms with Crippen LogP contribution in [0.1, 0.15) is 13.8 Å². The fourth-order valence-corrected chi connectivity index (χ4v) is 2.47. The molecule has 0 spiro atoms. The number of halogens is 2. The highest BCUT2D eigenvalue weighted by molar-refractivity contribution is 7.85. The second-order valence-electron chi connectivity index (χ2n) is 4.91. The van der Waals surface area contributed by atoms with E-state index in [1.54, 1.807) is 32.0 Å². The largest absolute Gasteiger partial charge is 0.487 e. The van der Waals surface area contributed by atoms with Gasteiger partial charge < -0.3 is 9.47 Å². The second kappa shape index (κ2) is 6.51. The fraction of sp³-hybridized carbons (Fsp3) is 0.200. The van der Waals surface area contributed by atoms with Gasteiger partial charge in [-0.3, -0.25) is 4.55 Å². The number of ether oxygens (including phenoxy) is 2. The molecule has 23 heavy (non-hydrogen) atoms. The van der Waals surface area contributed by atoms with Crippen molar-refractivity contribution in [3.05, 3.63) is 48.0 Å². The van der Waals surface area contributed by atoms with Crippen LogP contribution in [-0.4, -0.2) is 19.1 Å². The van der Waals surface area contributed by atoms with Gasteiger partial charge in [0.25, 0.3) is 10.1 Å². The summed E-state index contributed by atoms with van der Waals surface area (Å²) in [6, 6.07) is 7.82. The summed E-state index contributed by atoms with van der Waals surface area (Å²) in [6.45, 7) is 3.61. The zero-order valence-electron chi connectivity index (χ0n) is 12.3. The normalized spacial score (nSPS) is 11.6. The lowest BCUT2D eigenvalue weighted by Gasteiger charge is -2.15. The molecule has 0 bridgehead atoms. The van der Waals surface area contributed by atoms with Crippen LogP contribution >= 0.6 is 0 Å². The van der Waals surface area contributed by atoms with Crippen LogP contribution in [-0.2, 0) is 10.1 Å². The third kappa shape index (κ3) is 4.17. The summed E-state index contributed by atoms with van der Waals surface area (Å²) >= 11 is 0. The highest BCUT2D eigenvalue weighted by Crippen LogP contribution is 2.33. The van der Waals surface area contributed by atoms with E-state index < -0.39 is 26.6 Å². The van der Waals surface area contributed by atoms with Crippen LogP contribution < -0.4 is 9.47 Å². The Labute approximate surface area is 132 Å². The Morgan fingerprint density at radius 1 is 1.04 bits per heavy atom. The zero-order chi connectivity index (χ0) is 17.2. The lowest BCUT2D eigenvalue weighted by molar-refractivity contribution is 0.233. The van der Waals surface area contributed by atoms with Crippen LogP contribution in [0.4, 0.5) is 8.78 Å². The Morgan fingerprint density at radius 2 is 1.57 bits per heavy atom. The van der Waals surface area contributed by atoms with Gasteiger partial charge in [-0.25, -0.2) is 8.78 Å². The molecule has 2 aromatic carbocycles. The van der Waals surface area contributed by atoms with E-state index in [1.807, 2.05) is 0 Å². The van der Waals surface area contributed by atoms with Crippen molar-refractivity contribution in [3.8, 4) is 17.2 Å². The number of rotatable bonds is 5. The van der Waals surface area contributed by atoms with Gasteiger partial charge in [0.05, 0.1) is 6.10 Å². The molecule has 5 nitrogen and oxygen atoms in total. The summed E-state index contributed by atoms with van der Waals surface area (Å²) in [7, 11) is -5.01. The molecule has 1 N–H and O–H groups in total. The van der Waals surface area contributed by atoms with Gasteiger partial charge in [0.1, 0.15) is 5.75 Å². The summed E-state index contributed by atoms with van der Waals surface area (Å²) < 4.78 is 69.0. The Kier molecular flexibility index (Phi) is 4.86. The Balaban J connectivity index is 2.39. The van der Waals surface area contributed by atoms with Gasteiger partial charge in [-0.2, -0.15) is 8.42 Å². The molecule has 0 fully saturated rings.